The Morgan fingerprint density at radius 2 is 2.00 bits per heavy atom. The standard InChI is InChI=1S/C23H27FN2O3S/c1-2-22(27)25(13-16-3-4-16)14-23(28)26-11-9-21-19(10-12-30-21)20(26)15-29-18-7-5-17(24)6-8-18/h5-8,10,12,16,20H,2-4,9,11,13-15H2,1H3/t20-/m0/s1. The number of halogens is 1. The minimum atomic E-state index is -0.312. The van der Waals surface area contributed by atoms with Crippen LogP contribution in [-0.2, 0) is 16.0 Å². The van der Waals surface area contributed by atoms with Crippen LogP contribution < -0.4 is 4.74 Å². The normalized spacial score (nSPS) is 18.1. The predicted molar refractivity (Wildman–Crippen MR) is 114 cm³/mol. The van der Waals surface area contributed by atoms with E-state index in [-0.39, 0.29) is 30.2 Å². The van der Waals surface area contributed by atoms with E-state index in [2.05, 4.69) is 6.07 Å². The van der Waals surface area contributed by atoms with Crippen molar-refractivity contribution in [2.45, 2.75) is 38.6 Å². The first-order valence-electron chi connectivity index (χ1n) is 10.6. The van der Waals surface area contributed by atoms with Gasteiger partial charge in [-0.2, -0.15) is 0 Å². The van der Waals surface area contributed by atoms with Crippen LogP contribution in [0.5, 0.6) is 5.75 Å². The average molecular weight is 431 g/mol. The molecule has 2 heterocycles. The van der Waals surface area contributed by atoms with Crippen LogP contribution in [0.1, 0.15) is 42.7 Å². The van der Waals surface area contributed by atoms with Gasteiger partial charge in [-0.05, 0) is 66.5 Å². The van der Waals surface area contributed by atoms with Crippen LogP contribution in [0.2, 0.25) is 0 Å². The van der Waals surface area contributed by atoms with E-state index in [4.69, 9.17) is 4.74 Å². The highest BCUT2D eigenvalue weighted by Crippen LogP contribution is 2.34. The molecule has 1 saturated carbocycles. The average Bonchev–Trinajstić information content (AvgIpc) is 3.44. The highest BCUT2D eigenvalue weighted by atomic mass is 32.1. The Kier molecular flexibility index (Phi) is 6.37. The number of carbonyl (C=O) groups is 2. The first-order valence-corrected chi connectivity index (χ1v) is 11.4. The molecule has 5 nitrogen and oxygen atoms in total. The quantitative estimate of drug-likeness (QED) is 0.635. The second kappa shape index (κ2) is 9.16. The van der Waals surface area contributed by atoms with E-state index in [9.17, 15) is 14.0 Å². The summed E-state index contributed by atoms with van der Waals surface area (Å²) < 4.78 is 19.1. The minimum Gasteiger partial charge on any atom is -0.491 e. The first-order chi connectivity index (χ1) is 14.5. The fraction of sp³-hybridized carbons (Fsp3) is 0.478. The van der Waals surface area contributed by atoms with Gasteiger partial charge in [0.1, 0.15) is 18.2 Å². The van der Waals surface area contributed by atoms with Crippen LogP contribution in [-0.4, -0.2) is 47.9 Å². The van der Waals surface area contributed by atoms with Crippen molar-refractivity contribution < 1.29 is 18.7 Å². The smallest absolute Gasteiger partial charge is 0.242 e. The second-order valence-electron chi connectivity index (χ2n) is 7.99. The molecule has 0 unspecified atom stereocenters. The summed E-state index contributed by atoms with van der Waals surface area (Å²) in [5.41, 5.74) is 1.11. The van der Waals surface area contributed by atoms with Crippen molar-refractivity contribution in [1.82, 2.24) is 9.80 Å². The fourth-order valence-corrected chi connectivity index (χ4v) is 4.85. The van der Waals surface area contributed by atoms with E-state index in [1.54, 1.807) is 28.4 Å². The maximum absolute atomic E-state index is 13.3. The molecule has 2 amide bonds. The molecule has 4 rings (SSSR count). The number of carbonyl (C=O) groups excluding carboxylic acids is 2. The maximum Gasteiger partial charge on any atom is 0.242 e. The number of nitrogens with zero attached hydrogens (tertiary/aromatic N) is 2. The van der Waals surface area contributed by atoms with E-state index >= 15 is 0 Å². The molecule has 0 bridgehead atoms. The van der Waals surface area contributed by atoms with Crippen molar-refractivity contribution in [2.75, 3.05) is 26.2 Å². The molecule has 0 spiro atoms. The molecule has 0 radical (unpaired) electrons. The lowest BCUT2D eigenvalue weighted by Gasteiger charge is -2.37. The molecule has 1 atom stereocenters. The lowest BCUT2D eigenvalue weighted by atomic mass is 10.0. The van der Waals surface area contributed by atoms with Crippen molar-refractivity contribution in [3.05, 3.63) is 52.0 Å². The summed E-state index contributed by atoms with van der Waals surface area (Å²) in [6.07, 6.45) is 3.50. The molecule has 30 heavy (non-hydrogen) atoms. The molecule has 1 aromatic heterocycles. The summed E-state index contributed by atoms with van der Waals surface area (Å²) in [5, 5.41) is 2.05. The van der Waals surface area contributed by atoms with Gasteiger partial charge in [-0.3, -0.25) is 9.59 Å². The number of amides is 2. The SMILES string of the molecule is CCC(=O)N(CC(=O)N1CCc2sccc2[C@@H]1COc1ccc(F)cc1)CC1CC1. The van der Waals surface area contributed by atoms with Gasteiger partial charge in [0.2, 0.25) is 11.8 Å². The van der Waals surface area contributed by atoms with E-state index in [0.717, 1.165) is 24.8 Å². The molecule has 160 valence electrons. The Balaban J connectivity index is 1.48. The zero-order chi connectivity index (χ0) is 21.1. The monoisotopic (exact) mass is 430 g/mol. The third-order valence-corrected chi connectivity index (χ3v) is 6.79. The zero-order valence-corrected chi connectivity index (χ0v) is 18.0. The van der Waals surface area contributed by atoms with Gasteiger partial charge in [-0.25, -0.2) is 4.39 Å². The summed E-state index contributed by atoms with van der Waals surface area (Å²) in [5.74, 6) is 0.788. The van der Waals surface area contributed by atoms with Gasteiger partial charge in [0, 0.05) is 24.4 Å². The highest BCUT2D eigenvalue weighted by Gasteiger charge is 2.34. The third-order valence-electron chi connectivity index (χ3n) is 5.79. The molecule has 7 heteroatoms. The van der Waals surface area contributed by atoms with Gasteiger partial charge in [0.15, 0.2) is 0 Å². The summed E-state index contributed by atoms with van der Waals surface area (Å²) in [7, 11) is 0. The lowest BCUT2D eigenvalue weighted by Crippen LogP contribution is -2.48. The Morgan fingerprint density at radius 3 is 2.70 bits per heavy atom. The molecule has 1 aromatic carbocycles. The van der Waals surface area contributed by atoms with Crippen molar-refractivity contribution in [1.29, 1.82) is 0 Å². The summed E-state index contributed by atoms with van der Waals surface area (Å²) in [4.78, 5) is 30.5. The summed E-state index contributed by atoms with van der Waals surface area (Å²) in [6, 6.07) is 7.75. The minimum absolute atomic E-state index is 0.0302. The van der Waals surface area contributed by atoms with Gasteiger partial charge in [0.25, 0.3) is 0 Å². The third kappa shape index (κ3) is 4.83. The van der Waals surface area contributed by atoms with Gasteiger partial charge in [-0.1, -0.05) is 6.92 Å². The lowest BCUT2D eigenvalue weighted by molar-refractivity contribution is -0.142. The van der Waals surface area contributed by atoms with Crippen LogP contribution in [0.25, 0.3) is 0 Å². The van der Waals surface area contributed by atoms with Crippen LogP contribution in [0.15, 0.2) is 35.7 Å². The largest absolute Gasteiger partial charge is 0.491 e. The van der Waals surface area contributed by atoms with Gasteiger partial charge in [-0.15, -0.1) is 11.3 Å². The van der Waals surface area contributed by atoms with E-state index in [1.807, 2.05) is 17.2 Å². The Hall–Kier alpha value is -2.41. The Morgan fingerprint density at radius 1 is 1.23 bits per heavy atom. The van der Waals surface area contributed by atoms with Gasteiger partial charge < -0.3 is 14.5 Å². The Labute approximate surface area is 180 Å². The molecule has 0 saturated heterocycles. The van der Waals surface area contributed by atoms with E-state index < -0.39 is 0 Å². The van der Waals surface area contributed by atoms with Crippen molar-refractivity contribution in [2.24, 2.45) is 5.92 Å². The van der Waals surface area contributed by atoms with Crippen LogP contribution in [0, 0.1) is 11.7 Å². The number of rotatable bonds is 8. The fourth-order valence-electron chi connectivity index (χ4n) is 3.92. The molecule has 2 aromatic rings. The molecule has 0 N–H and O–H groups in total. The molecule has 1 aliphatic heterocycles. The topological polar surface area (TPSA) is 49.9 Å². The zero-order valence-electron chi connectivity index (χ0n) is 17.2. The number of hydrogen-bond donors (Lipinski definition) is 0. The van der Waals surface area contributed by atoms with Crippen molar-refractivity contribution in [3.8, 4) is 5.75 Å². The van der Waals surface area contributed by atoms with E-state index in [0.29, 0.717) is 37.8 Å². The summed E-state index contributed by atoms with van der Waals surface area (Å²) in [6.45, 7) is 3.54. The van der Waals surface area contributed by atoms with Gasteiger partial charge >= 0.3 is 0 Å². The molecular weight excluding hydrogens is 403 g/mol. The number of hydrogen-bond acceptors (Lipinski definition) is 4. The predicted octanol–water partition coefficient (Wildman–Crippen LogP) is 4.04. The number of thiophene rings is 1. The maximum atomic E-state index is 13.3. The van der Waals surface area contributed by atoms with Crippen LogP contribution in [0.3, 0.4) is 0 Å². The first kappa shape index (κ1) is 20.8. The van der Waals surface area contributed by atoms with Crippen molar-refractivity contribution in [3.63, 3.8) is 0 Å². The number of ether oxygens (including phenoxy) is 1. The van der Waals surface area contributed by atoms with Gasteiger partial charge in [0.05, 0.1) is 12.6 Å². The van der Waals surface area contributed by atoms with Crippen LogP contribution >= 0.6 is 11.3 Å². The molecule has 2 aliphatic rings. The molecule has 1 fully saturated rings. The Bertz CT molecular complexity index is 894. The molecule has 1 aliphatic carbocycles. The molecular formula is C23H27FN2O3S. The van der Waals surface area contributed by atoms with Crippen LogP contribution in [0.4, 0.5) is 4.39 Å². The van der Waals surface area contributed by atoms with Crippen molar-refractivity contribution >= 4 is 23.2 Å². The summed E-state index contributed by atoms with van der Waals surface area (Å²) >= 11 is 1.70. The highest BCUT2D eigenvalue weighted by molar-refractivity contribution is 7.10. The number of fused-ring (bicyclic) bond motifs is 1. The number of benzene rings is 1. The van der Waals surface area contributed by atoms with E-state index in [1.165, 1.54) is 17.0 Å². The second-order valence-corrected chi connectivity index (χ2v) is 8.99.